The Morgan fingerprint density at radius 3 is 2.76 bits per heavy atom. The van der Waals surface area contributed by atoms with Gasteiger partial charge in [0.2, 0.25) is 0 Å². The van der Waals surface area contributed by atoms with E-state index < -0.39 is 0 Å². The number of fused-ring (bicyclic) bond motifs is 1. The van der Waals surface area contributed by atoms with Gasteiger partial charge in [0.1, 0.15) is 0 Å². The number of benzene rings is 2. The van der Waals surface area contributed by atoms with Crippen LogP contribution in [0.25, 0.3) is 0 Å². The highest BCUT2D eigenvalue weighted by atomic mass is 32.2. The standard InChI is InChI=1S/C25H28N4O3S/c1-3-20-21(23(30)32-2)22(29-13-8-14-33-25(29)28-20)18-11-7-12-19(15-18)27-24(31)26-16-17-9-5-4-6-10-17/h4-7,9-12,15,22H,3,8,13-14,16H2,1-2H3,(H2,26,27,31). The van der Waals surface area contributed by atoms with E-state index in [2.05, 4.69) is 15.5 Å². The van der Waals surface area contributed by atoms with E-state index in [0.717, 1.165) is 40.7 Å². The second-order valence-electron chi connectivity index (χ2n) is 7.82. The predicted molar refractivity (Wildman–Crippen MR) is 132 cm³/mol. The minimum Gasteiger partial charge on any atom is -0.466 e. The van der Waals surface area contributed by atoms with Crippen molar-refractivity contribution in [3.8, 4) is 0 Å². The number of carbonyl (C=O) groups is 2. The lowest BCUT2D eigenvalue weighted by atomic mass is 9.93. The molecule has 0 aliphatic carbocycles. The number of urea groups is 1. The molecule has 1 fully saturated rings. The number of nitrogens with one attached hydrogen (secondary N) is 2. The molecule has 0 saturated carbocycles. The summed E-state index contributed by atoms with van der Waals surface area (Å²) < 4.78 is 5.14. The van der Waals surface area contributed by atoms with Crippen LogP contribution >= 0.6 is 11.8 Å². The Hall–Kier alpha value is -3.26. The highest BCUT2D eigenvalue weighted by Gasteiger charge is 2.38. The third kappa shape index (κ3) is 5.22. The Bertz CT molecular complexity index is 1080. The summed E-state index contributed by atoms with van der Waals surface area (Å²) >= 11 is 1.72. The van der Waals surface area contributed by atoms with E-state index in [1.165, 1.54) is 7.11 Å². The Morgan fingerprint density at radius 1 is 1.18 bits per heavy atom. The molecule has 0 radical (unpaired) electrons. The van der Waals surface area contributed by atoms with Gasteiger partial charge >= 0.3 is 12.0 Å². The number of amides is 2. The number of allylic oxidation sites excluding steroid dienone is 1. The van der Waals surface area contributed by atoms with Crippen molar-refractivity contribution in [3.63, 3.8) is 0 Å². The number of anilines is 1. The summed E-state index contributed by atoms with van der Waals surface area (Å²) in [6.07, 6.45) is 1.65. The number of carbonyl (C=O) groups excluding carboxylic acids is 2. The number of hydrogen-bond donors (Lipinski definition) is 2. The van der Waals surface area contributed by atoms with E-state index in [-0.39, 0.29) is 18.0 Å². The largest absolute Gasteiger partial charge is 0.466 e. The van der Waals surface area contributed by atoms with Crippen molar-refractivity contribution >= 4 is 34.6 Å². The maximum absolute atomic E-state index is 12.8. The van der Waals surface area contributed by atoms with Gasteiger partial charge in [0.05, 0.1) is 24.4 Å². The smallest absolute Gasteiger partial charge is 0.338 e. The molecule has 2 heterocycles. The number of esters is 1. The number of rotatable bonds is 6. The number of ether oxygens (including phenoxy) is 1. The fourth-order valence-electron chi connectivity index (χ4n) is 4.10. The van der Waals surface area contributed by atoms with Crippen LogP contribution in [0.5, 0.6) is 0 Å². The van der Waals surface area contributed by atoms with Gasteiger partial charge in [-0.2, -0.15) is 0 Å². The van der Waals surface area contributed by atoms with Gasteiger partial charge in [0.15, 0.2) is 5.17 Å². The Kier molecular flexibility index (Phi) is 7.34. The zero-order valence-electron chi connectivity index (χ0n) is 18.8. The van der Waals surface area contributed by atoms with Gasteiger partial charge in [-0.3, -0.25) is 0 Å². The van der Waals surface area contributed by atoms with E-state index in [9.17, 15) is 9.59 Å². The molecule has 2 N–H and O–H groups in total. The van der Waals surface area contributed by atoms with E-state index in [1.807, 2.05) is 61.5 Å². The van der Waals surface area contributed by atoms with Crippen LogP contribution in [0, 0.1) is 0 Å². The summed E-state index contributed by atoms with van der Waals surface area (Å²) in [5.74, 6) is 0.643. The number of aliphatic imine (C=N–C) groups is 1. The maximum atomic E-state index is 12.8. The minimum atomic E-state index is -0.366. The van der Waals surface area contributed by atoms with E-state index in [1.54, 1.807) is 11.8 Å². The zero-order valence-corrected chi connectivity index (χ0v) is 19.7. The number of nitrogens with zero attached hydrogens (tertiary/aromatic N) is 2. The highest BCUT2D eigenvalue weighted by Crippen LogP contribution is 2.41. The molecule has 2 aromatic rings. The molecule has 2 amide bonds. The maximum Gasteiger partial charge on any atom is 0.338 e. The summed E-state index contributed by atoms with van der Waals surface area (Å²) in [6.45, 7) is 3.25. The molecule has 0 aromatic heterocycles. The highest BCUT2D eigenvalue weighted by molar-refractivity contribution is 8.13. The quantitative estimate of drug-likeness (QED) is 0.606. The first-order valence-electron chi connectivity index (χ1n) is 11.1. The fourth-order valence-corrected chi connectivity index (χ4v) is 5.09. The van der Waals surface area contributed by atoms with Crippen molar-refractivity contribution in [1.29, 1.82) is 0 Å². The van der Waals surface area contributed by atoms with Gasteiger partial charge in [0.25, 0.3) is 0 Å². The van der Waals surface area contributed by atoms with Crippen LogP contribution in [-0.2, 0) is 16.1 Å². The molecular formula is C25H28N4O3S. The molecule has 0 bridgehead atoms. The van der Waals surface area contributed by atoms with Crippen LogP contribution in [0.15, 0.2) is 70.9 Å². The van der Waals surface area contributed by atoms with Crippen molar-refractivity contribution in [3.05, 3.63) is 77.0 Å². The summed E-state index contributed by atoms with van der Waals surface area (Å²) in [7, 11) is 1.40. The summed E-state index contributed by atoms with van der Waals surface area (Å²) in [4.78, 5) is 32.2. The zero-order chi connectivity index (χ0) is 23.2. The molecule has 1 atom stereocenters. The van der Waals surface area contributed by atoms with Gasteiger partial charge in [-0.1, -0.05) is 61.2 Å². The second-order valence-corrected chi connectivity index (χ2v) is 8.88. The first kappa shape index (κ1) is 22.9. The Balaban J connectivity index is 1.58. The summed E-state index contributed by atoms with van der Waals surface area (Å²) in [5, 5.41) is 6.73. The van der Waals surface area contributed by atoms with Crippen molar-refractivity contribution in [1.82, 2.24) is 10.2 Å². The molecule has 0 spiro atoms. The van der Waals surface area contributed by atoms with Gasteiger partial charge in [-0.05, 0) is 36.1 Å². The van der Waals surface area contributed by atoms with E-state index in [0.29, 0.717) is 24.2 Å². The third-order valence-corrected chi connectivity index (χ3v) is 6.72. The minimum absolute atomic E-state index is 0.284. The first-order chi connectivity index (χ1) is 16.1. The van der Waals surface area contributed by atoms with Crippen LogP contribution in [0.1, 0.15) is 36.9 Å². The van der Waals surface area contributed by atoms with Crippen LogP contribution in [0.3, 0.4) is 0 Å². The number of methoxy groups -OCH3 is 1. The van der Waals surface area contributed by atoms with E-state index >= 15 is 0 Å². The average Bonchev–Trinajstić information content (AvgIpc) is 2.86. The molecular weight excluding hydrogens is 436 g/mol. The second kappa shape index (κ2) is 10.6. The molecule has 4 rings (SSSR count). The van der Waals surface area contributed by atoms with Gasteiger partial charge in [0, 0.05) is 24.5 Å². The lowest BCUT2D eigenvalue weighted by Gasteiger charge is -2.40. The monoisotopic (exact) mass is 464 g/mol. The molecule has 7 nitrogen and oxygen atoms in total. The van der Waals surface area contributed by atoms with Crippen molar-refractivity contribution in [2.24, 2.45) is 4.99 Å². The number of hydrogen-bond acceptors (Lipinski definition) is 6. The number of amidine groups is 1. The first-order valence-corrected chi connectivity index (χ1v) is 12.1. The van der Waals surface area contributed by atoms with Crippen molar-refractivity contribution in [2.45, 2.75) is 32.4 Å². The predicted octanol–water partition coefficient (Wildman–Crippen LogP) is 4.70. The molecule has 2 aliphatic heterocycles. The normalized spacial score (nSPS) is 17.7. The van der Waals surface area contributed by atoms with Gasteiger partial charge in [-0.25, -0.2) is 14.6 Å². The van der Waals surface area contributed by atoms with Crippen LogP contribution < -0.4 is 10.6 Å². The third-order valence-electron chi connectivity index (χ3n) is 5.64. The van der Waals surface area contributed by atoms with Gasteiger partial charge in [-0.15, -0.1) is 0 Å². The topological polar surface area (TPSA) is 83.0 Å². The summed E-state index contributed by atoms with van der Waals surface area (Å²) in [6, 6.07) is 16.8. The Morgan fingerprint density at radius 2 is 2.00 bits per heavy atom. The van der Waals surface area contributed by atoms with Crippen LogP contribution in [-0.4, -0.2) is 41.5 Å². The lowest BCUT2D eigenvalue weighted by molar-refractivity contribution is -0.136. The van der Waals surface area contributed by atoms with Crippen molar-refractivity contribution in [2.75, 3.05) is 24.7 Å². The molecule has 8 heteroatoms. The average molecular weight is 465 g/mol. The summed E-state index contributed by atoms with van der Waals surface area (Å²) in [5.41, 5.74) is 3.92. The fraction of sp³-hybridized carbons (Fsp3) is 0.320. The lowest BCUT2D eigenvalue weighted by Crippen LogP contribution is -2.42. The van der Waals surface area contributed by atoms with Crippen LogP contribution in [0.2, 0.25) is 0 Å². The molecule has 33 heavy (non-hydrogen) atoms. The molecule has 2 aliphatic rings. The molecule has 1 unspecified atom stereocenters. The Labute approximate surface area is 198 Å². The SMILES string of the molecule is CCC1=C(C(=O)OC)C(c2cccc(NC(=O)NCc3ccccc3)c2)N2CCCSC2=N1. The molecule has 2 aromatic carbocycles. The van der Waals surface area contributed by atoms with Crippen molar-refractivity contribution < 1.29 is 14.3 Å². The molecule has 172 valence electrons. The van der Waals surface area contributed by atoms with E-state index in [4.69, 9.17) is 9.73 Å². The van der Waals surface area contributed by atoms with Crippen LogP contribution in [0.4, 0.5) is 10.5 Å². The number of thioether (sulfide) groups is 1. The molecule has 1 saturated heterocycles. The van der Waals surface area contributed by atoms with Gasteiger partial charge < -0.3 is 20.3 Å².